The van der Waals surface area contributed by atoms with Crippen molar-refractivity contribution >= 4 is 11.9 Å². The fourth-order valence-corrected chi connectivity index (χ4v) is 2.62. The average molecular weight is 328 g/mol. The number of carboxylic acid groups (broad SMARTS) is 1. The summed E-state index contributed by atoms with van der Waals surface area (Å²) < 4.78 is 4.57. The lowest BCUT2D eigenvalue weighted by Gasteiger charge is -2.20. The molecule has 0 spiro atoms. The molecule has 0 rings (SSSR count). The summed E-state index contributed by atoms with van der Waals surface area (Å²) >= 11 is 0. The van der Waals surface area contributed by atoms with Crippen LogP contribution in [0.4, 0.5) is 0 Å². The summed E-state index contributed by atoms with van der Waals surface area (Å²) in [6.07, 6.45) is 9.70. The Labute approximate surface area is 139 Å². The third-order valence-corrected chi connectivity index (χ3v) is 4.09. The standard InChI is InChI=1S/C18H32O5/c1-4-5-6-7-8-9-10-11-12-13-15(19)16(18(22)23-3)14(2)17(20)21/h15-16,19H,2,4-13H2,1,3H3,(H,20,21)/t15-,16-/m0/s1. The van der Waals surface area contributed by atoms with Gasteiger partial charge in [-0.15, -0.1) is 0 Å². The smallest absolute Gasteiger partial charge is 0.331 e. The van der Waals surface area contributed by atoms with Crippen molar-refractivity contribution in [3.05, 3.63) is 12.2 Å². The SMILES string of the molecule is C=C(C(=O)O)[C@H](C(=O)OC)[C@@H](O)CCCCCCCCCCC. The number of esters is 1. The van der Waals surface area contributed by atoms with Crippen molar-refractivity contribution < 1.29 is 24.5 Å². The monoisotopic (exact) mass is 328 g/mol. The van der Waals surface area contributed by atoms with Gasteiger partial charge in [0.1, 0.15) is 5.92 Å². The molecule has 0 saturated carbocycles. The minimum Gasteiger partial charge on any atom is -0.478 e. The van der Waals surface area contributed by atoms with Crippen LogP contribution in [-0.2, 0) is 14.3 Å². The molecule has 2 atom stereocenters. The number of hydrogen-bond donors (Lipinski definition) is 2. The highest BCUT2D eigenvalue weighted by atomic mass is 16.5. The zero-order valence-electron chi connectivity index (χ0n) is 14.6. The van der Waals surface area contributed by atoms with Gasteiger partial charge in [0.25, 0.3) is 0 Å². The third-order valence-electron chi connectivity index (χ3n) is 4.09. The van der Waals surface area contributed by atoms with E-state index in [2.05, 4.69) is 18.2 Å². The first-order valence-corrected chi connectivity index (χ1v) is 8.63. The minimum absolute atomic E-state index is 0.319. The Morgan fingerprint density at radius 3 is 1.91 bits per heavy atom. The van der Waals surface area contributed by atoms with Gasteiger partial charge in [-0.3, -0.25) is 4.79 Å². The highest BCUT2D eigenvalue weighted by Gasteiger charge is 2.33. The summed E-state index contributed by atoms with van der Waals surface area (Å²) in [6, 6.07) is 0. The van der Waals surface area contributed by atoms with Crippen LogP contribution >= 0.6 is 0 Å². The summed E-state index contributed by atoms with van der Waals surface area (Å²) in [4.78, 5) is 22.6. The Kier molecular flexibility index (Phi) is 12.3. The summed E-state index contributed by atoms with van der Waals surface area (Å²) in [5, 5.41) is 19.1. The molecule has 0 aliphatic carbocycles. The zero-order valence-corrected chi connectivity index (χ0v) is 14.6. The summed E-state index contributed by atoms with van der Waals surface area (Å²) in [6.45, 7) is 5.58. The van der Waals surface area contributed by atoms with Crippen molar-refractivity contribution in [2.24, 2.45) is 5.92 Å². The second kappa shape index (κ2) is 13.1. The minimum atomic E-state index is -1.29. The van der Waals surface area contributed by atoms with Crippen molar-refractivity contribution in [3.8, 4) is 0 Å². The van der Waals surface area contributed by atoms with Crippen molar-refractivity contribution in [3.63, 3.8) is 0 Å². The number of rotatable bonds is 14. The quantitative estimate of drug-likeness (QED) is 0.288. The molecule has 0 fully saturated rings. The number of aliphatic hydroxyl groups is 1. The predicted octanol–water partition coefficient (Wildman–Crippen LogP) is 3.70. The van der Waals surface area contributed by atoms with Gasteiger partial charge in [0, 0.05) is 5.57 Å². The van der Waals surface area contributed by atoms with E-state index in [0.29, 0.717) is 6.42 Å². The molecule has 23 heavy (non-hydrogen) atoms. The van der Waals surface area contributed by atoms with Crippen molar-refractivity contribution in [1.29, 1.82) is 0 Å². The lowest BCUT2D eigenvalue weighted by Crippen LogP contribution is -2.33. The topological polar surface area (TPSA) is 83.8 Å². The molecule has 2 N–H and O–H groups in total. The van der Waals surface area contributed by atoms with E-state index in [-0.39, 0.29) is 5.57 Å². The first-order valence-electron chi connectivity index (χ1n) is 8.63. The zero-order chi connectivity index (χ0) is 17.7. The maximum Gasteiger partial charge on any atom is 0.331 e. The fraction of sp³-hybridized carbons (Fsp3) is 0.778. The molecular weight excluding hydrogens is 296 g/mol. The van der Waals surface area contributed by atoms with Gasteiger partial charge in [0.2, 0.25) is 0 Å². The molecule has 5 heteroatoms. The van der Waals surface area contributed by atoms with Crippen molar-refractivity contribution in [2.45, 2.75) is 77.2 Å². The van der Waals surface area contributed by atoms with Crippen molar-refractivity contribution in [1.82, 2.24) is 0 Å². The Morgan fingerprint density at radius 2 is 1.48 bits per heavy atom. The molecule has 0 aromatic carbocycles. The van der Waals surface area contributed by atoms with E-state index in [1.54, 1.807) is 0 Å². The van der Waals surface area contributed by atoms with Crippen LogP contribution in [0.25, 0.3) is 0 Å². The van der Waals surface area contributed by atoms with Crippen LogP contribution in [0.5, 0.6) is 0 Å². The number of ether oxygens (including phenoxy) is 1. The van der Waals surface area contributed by atoms with E-state index < -0.39 is 24.0 Å². The number of carbonyl (C=O) groups is 2. The number of carbonyl (C=O) groups excluding carboxylic acids is 1. The maximum atomic E-state index is 11.7. The number of carboxylic acids is 1. The number of aliphatic hydroxyl groups excluding tert-OH is 1. The predicted molar refractivity (Wildman–Crippen MR) is 90.1 cm³/mol. The molecule has 0 aromatic heterocycles. The van der Waals surface area contributed by atoms with Crippen LogP contribution in [0.15, 0.2) is 12.2 Å². The molecule has 5 nitrogen and oxygen atoms in total. The summed E-state index contributed by atoms with van der Waals surface area (Å²) in [5.41, 5.74) is -0.319. The van der Waals surface area contributed by atoms with E-state index in [4.69, 9.17) is 5.11 Å². The van der Waals surface area contributed by atoms with Crippen molar-refractivity contribution in [2.75, 3.05) is 7.11 Å². The largest absolute Gasteiger partial charge is 0.478 e. The van der Waals surface area contributed by atoms with Gasteiger partial charge in [-0.05, 0) is 6.42 Å². The number of hydrogen-bond acceptors (Lipinski definition) is 4. The molecule has 0 bridgehead atoms. The van der Waals surface area contributed by atoms with E-state index in [9.17, 15) is 14.7 Å². The first-order chi connectivity index (χ1) is 11.0. The van der Waals surface area contributed by atoms with E-state index in [0.717, 1.165) is 19.3 Å². The van der Waals surface area contributed by atoms with Gasteiger partial charge in [0.15, 0.2) is 0 Å². The molecule has 0 amide bonds. The van der Waals surface area contributed by atoms with Crippen LogP contribution in [0.1, 0.15) is 71.1 Å². The van der Waals surface area contributed by atoms with Gasteiger partial charge in [0.05, 0.1) is 13.2 Å². The molecular formula is C18H32O5. The number of unbranched alkanes of at least 4 members (excludes halogenated alkanes) is 8. The molecule has 0 heterocycles. The summed E-state index contributed by atoms with van der Waals surface area (Å²) in [5.74, 6) is -3.22. The Balaban J connectivity index is 4.00. The van der Waals surface area contributed by atoms with Gasteiger partial charge < -0.3 is 14.9 Å². The van der Waals surface area contributed by atoms with Gasteiger partial charge in [-0.2, -0.15) is 0 Å². The normalized spacial score (nSPS) is 13.3. The van der Waals surface area contributed by atoms with Gasteiger partial charge in [-0.1, -0.05) is 71.3 Å². The first kappa shape index (κ1) is 21.6. The Bertz CT molecular complexity index is 364. The van der Waals surface area contributed by atoms with E-state index >= 15 is 0 Å². The molecule has 0 aliphatic rings. The van der Waals surface area contributed by atoms with Crippen LogP contribution < -0.4 is 0 Å². The lowest BCUT2D eigenvalue weighted by atomic mass is 9.90. The van der Waals surface area contributed by atoms with E-state index in [1.807, 2.05) is 0 Å². The molecule has 0 aromatic rings. The lowest BCUT2D eigenvalue weighted by molar-refractivity contribution is -0.150. The van der Waals surface area contributed by atoms with Crippen LogP contribution in [0, 0.1) is 5.92 Å². The molecule has 0 radical (unpaired) electrons. The fourth-order valence-electron chi connectivity index (χ4n) is 2.62. The molecule has 134 valence electrons. The average Bonchev–Trinajstić information content (AvgIpc) is 2.53. The third kappa shape index (κ3) is 9.39. The molecule has 0 unspecified atom stereocenters. The van der Waals surface area contributed by atoms with E-state index in [1.165, 1.54) is 45.6 Å². The highest BCUT2D eigenvalue weighted by Crippen LogP contribution is 2.21. The van der Waals surface area contributed by atoms with Crippen LogP contribution in [0.3, 0.4) is 0 Å². The second-order valence-electron chi connectivity index (χ2n) is 6.02. The molecule has 0 aliphatic heterocycles. The maximum absolute atomic E-state index is 11.7. The van der Waals surface area contributed by atoms with Crippen LogP contribution in [-0.4, -0.2) is 35.4 Å². The highest BCUT2D eigenvalue weighted by molar-refractivity contribution is 5.94. The number of aliphatic carboxylic acids is 1. The van der Waals surface area contributed by atoms with Gasteiger partial charge >= 0.3 is 11.9 Å². The van der Waals surface area contributed by atoms with Gasteiger partial charge in [-0.25, -0.2) is 4.79 Å². The van der Waals surface area contributed by atoms with Crippen LogP contribution in [0.2, 0.25) is 0 Å². The second-order valence-corrected chi connectivity index (χ2v) is 6.02. The molecule has 0 saturated heterocycles. The Hall–Kier alpha value is -1.36. The Morgan fingerprint density at radius 1 is 1.00 bits per heavy atom. The number of methoxy groups -OCH3 is 1. The summed E-state index contributed by atoms with van der Waals surface area (Å²) in [7, 11) is 1.18.